The highest BCUT2D eigenvalue weighted by atomic mass is 16.4. The standard InChI is InChI=1S/C15H26N2O4/c1-17(11-14(21)7-5-6-8-14)13(20)16-15(12(18)19)9-3-2-4-10-15/h21H,2-11H2,1H3,(H,16,20)(H,18,19). The first kappa shape index (κ1) is 16.1. The molecule has 0 atom stereocenters. The Bertz CT molecular complexity index is 398. The molecule has 2 rings (SSSR count). The number of urea groups is 1. The molecular weight excluding hydrogens is 272 g/mol. The smallest absolute Gasteiger partial charge is 0.329 e. The van der Waals surface area contributed by atoms with E-state index in [1.165, 1.54) is 4.90 Å². The molecule has 0 aromatic rings. The second-order valence-corrected chi connectivity index (χ2v) is 6.67. The van der Waals surface area contributed by atoms with Gasteiger partial charge in [0, 0.05) is 7.05 Å². The largest absolute Gasteiger partial charge is 0.480 e. The molecule has 2 fully saturated rings. The Morgan fingerprint density at radius 3 is 2.10 bits per heavy atom. The molecule has 0 saturated heterocycles. The molecule has 2 aliphatic carbocycles. The van der Waals surface area contributed by atoms with Crippen LogP contribution in [0.5, 0.6) is 0 Å². The number of hydrogen-bond acceptors (Lipinski definition) is 3. The zero-order valence-corrected chi connectivity index (χ0v) is 12.7. The van der Waals surface area contributed by atoms with Crippen LogP contribution in [0.3, 0.4) is 0 Å². The van der Waals surface area contributed by atoms with Crippen molar-refractivity contribution in [3.8, 4) is 0 Å². The highest BCUT2D eigenvalue weighted by Crippen LogP contribution is 2.31. The summed E-state index contributed by atoms with van der Waals surface area (Å²) in [6.45, 7) is 0.258. The lowest BCUT2D eigenvalue weighted by atomic mass is 9.82. The molecule has 120 valence electrons. The number of carbonyl (C=O) groups excluding carboxylic acids is 1. The number of amides is 2. The number of nitrogens with one attached hydrogen (secondary N) is 1. The minimum absolute atomic E-state index is 0.258. The van der Waals surface area contributed by atoms with Gasteiger partial charge < -0.3 is 20.4 Å². The van der Waals surface area contributed by atoms with E-state index in [2.05, 4.69) is 5.32 Å². The van der Waals surface area contributed by atoms with Gasteiger partial charge in [-0.05, 0) is 25.7 Å². The summed E-state index contributed by atoms with van der Waals surface area (Å²) < 4.78 is 0. The van der Waals surface area contributed by atoms with Gasteiger partial charge in [0.15, 0.2) is 0 Å². The molecule has 0 bridgehead atoms. The van der Waals surface area contributed by atoms with Crippen LogP contribution in [0.15, 0.2) is 0 Å². The van der Waals surface area contributed by atoms with E-state index >= 15 is 0 Å². The Hall–Kier alpha value is -1.30. The quantitative estimate of drug-likeness (QED) is 0.737. The SMILES string of the molecule is CN(CC1(O)CCCC1)C(=O)NC1(C(=O)O)CCCCC1. The summed E-state index contributed by atoms with van der Waals surface area (Å²) in [6, 6.07) is -0.403. The van der Waals surface area contributed by atoms with Crippen LogP contribution in [-0.4, -0.2) is 51.8 Å². The van der Waals surface area contributed by atoms with Crippen molar-refractivity contribution in [2.24, 2.45) is 0 Å². The van der Waals surface area contributed by atoms with E-state index in [1.54, 1.807) is 7.05 Å². The molecule has 0 unspecified atom stereocenters. The zero-order valence-electron chi connectivity index (χ0n) is 12.7. The molecule has 6 nitrogen and oxygen atoms in total. The van der Waals surface area contributed by atoms with Crippen LogP contribution in [0.1, 0.15) is 57.8 Å². The molecule has 2 amide bonds. The fourth-order valence-electron chi connectivity index (χ4n) is 3.55. The summed E-state index contributed by atoms with van der Waals surface area (Å²) in [5, 5.41) is 22.5. The number of nitrogens with zero attached hydrogens (tertiary/aromatic N) is 1. The molecule has 0 spiro atoms. The second-order valence-electron chi connectivity index (χ2n) is 6.67. The number of carbonyl (C=O) groups is 2. The van der Waals surface area contributed by atoms with E-state index in [9.17, 15) is 19.8 Å². The van der Waals surface area contributed by atoms with E-state index in [4.69, 9.17) is 0 Å². The monoisotopic (exact) mass is 298 g/mol. The highest BCUT2D eigenvalue weighted by molar-refractivity contribution is 5.86. The molecule has 0 aromatic carbocycles. The normalized spacial score (nSPS) is 23.5. The van der Waals surface area contributed by atoms with Crippen LogP contribution < -0.4 is 5.32 Å². The molecule has 0 heterocycles. The van der Waals surface area contributed by atoms with E-state index in [1.807, 2.05) is 0 Å². The minimum Gasteiger partial charge on any atom is -0.480 e. The summed E-state index contributed by atoms with van der Waals surface area (Å²) in [5.74, 6) is -0.955. The van der Waals surface area contributed by atoms with Crippen LogP contribution in [0.4, 0.5) is 4.79 Å². The van der Waals surface area contributed by atoms with Gasteiger partial charge in [-0.3, -0.25) is 0 Å². The van der Waals surface area contributed by atoms with Gasteiger partial charge >= 0.3 is 12.0 Å². The van der Waals surface area contributed by atoms with Crippen molar-refractivity contribution in [2.75, 3.05) is 13.6 Å². The van der Waals surface area contributed by atoms with Gasteiger partial charge in [-0.1, -0.05) is 32.1 Å². The first-order chi connectivity index (χ1) is 9.87. The predicted octanol–water partition coefficient (Wildman–Crippen LogP) is 1.72. The summed E-state index contributed by atoms with van der Waals surface area (Å²) in [5.41, 5.74) is -1.95. The van der Waals surface area contributed by atoms with E-state index in [0.29, 0.717) is 25.7 Å². The lowest BCUT2D eigenvalue weighted by Gasteiger charge is -2.36. The first-order valence-corrected chi connectivity index (χ1v) is 7.86. The highest BCUT2D eigenvalue weighted by Gasteiger charge is 2.42. The third kappa shape index (κ3) is 3.67. The Labute approximate surface area is 125 Å². The maximum atomic E-state index is 12.3. The predicted molar refractivity (Wildman–Crippen MR) is 78.0 cm³/mol. The van der Waals surface area contributed by atoms with Crippen molar-refractivity contribution in [1.82, 2.24) is 10.2 Å². The fourth-order valence-corrected chi connectivity index (χ4v) is 3.55. The van der Waals surface area contributed by atoms with Crippen LogP contribution in [0, 0.1) is 0 Å². The average Bonchev–Trinajstić information content (AvgIpc) is 2.86. The Kier molecular flexibility index (Phi) is 4.76. The molecule has 0 radical (unpaired) electrons. The van der Waals surface area contributed by atoms with Gasteiger partial charge in [0.25, 0.3) is 0 Å². The second kappa shape index (κ2) is 6.22. The maximum absolute atomic E-state index is 12.3. The number of likely N-dealkylation sites (N-methyl/N-ethyl adjacent to an activating group) is 1. The molecule has 6 heteroatoms. The van der Waals surface area contributed by atoms with Crippen molar-refractivity contribution >= 4 is 12.0 Å². The topological polar surface area (TPSA) is 89.9 Å². The number of aliphatic carboxylic acids is 1. The molecule has 0 aliphatic heterocycles. The number of rotatable bonds is 4. The third-order valence-corrected chi connectivity index (χ3v) is 4.88. The molecular formula is C15H26N2O4. The Balaban J connectivity index is 1.96. The fraction of sp³-hybridized carbons (Fsp3) is 0.867. The minimum atomic E-state index is -1.14. The van der Waals surface area contributed by atoms with Crippen LogP contribution >= 0.6 is 0 Å². The molecule has 2 saturated carbocycles. The van der Waals surface area contributed by atoms with Crippen LogP contribution in [-0.2, 0) is 4.79 Å². The van der Waals surface area contributed by atoms with Crippen molar-refractivity contribution in [3.63, 3.8) is 0 Å². The lowest BCUT2D eigenvalue weighted by molar-refractivity contribution is -0.146. The number of aliphatic hydroxyl groups is 1. The van der Waals surface area contributed by atoms with Crippen LogP contribution in [0.25, 0.3) is 0 Å². The van der Waals surface area contributed by atoms with Gasteiger partial charge in [0.2, 0.25) is 0 Å². The molecule has 0 aromatic heterocycles. The summed E-state index contributed by atoms with van der Waals surface area (Å²) in [7, 11) is 1.62. The maximum Gasteiger partial charge on any atom is 0.329 e. The van der Waals surface area contributed by atoms with Crippen molar-refractivity contribution in [2.45, 2.75) is 68.9 Å². The third-order valence-electron chi connectivity index (χ3n) is 4.88. The van der Waals surface area contributed by atoms with Gasteiger partial charge in [-0.15, -0.1) is 0 Å². The van der Waals surface area contributed by atoms with Crippen molar-refractivity contribution in [1.29, 1.82) is 0 Å². The van der Waals surface area contributed by atoms with E-state index < -0.39 is 23.1 Å². The lowest BCUT2D eigenvalue weighted by Crippen LogP contribution is -2.59. The van der Waals surface area contributed by atoms with Gasteiger partial charge in [-0.25, -0.2) is 9.59 Å². The molecule has 2 aliphatic rings. The first-order valence-electron chi connectivity index (χ1n) is 7.86. The van der Waals surface area contributed by atoms with Gasteiger partial charge in [0.05, 0.1) is 12.1 Å². The van der Waals surface area contributed by atoms with Crippen LogP contribution in [0.2, 0.25) is 0 Å². The van der Waals surface area contributed by atoms with Crippen molar-refractivity contribution < 1.29 is 19.8 Å². The number of carboxylic acids is 1. The molecule has 3 N–H and O–H groups in total. The number of carboxylic acid groups (broad SMARTS) is 1. The zero-order chi connectivity index (χ0) is 15.5. The summed E-state index contributed by atoms with van der Waals surface area (Å²) >= 11 is 0. The summed E-state index contributed by atoms with van der Waals surface area (Å²) in [4.78, 5) is 25.3. The van der Waals surface area contributed by atoms with Gasteiger partial charge in [-0.2, -0.15) is 0 Å². The Morgan fingerprint density at radius 2 is 1.57 bits per heavy atom. The van der Waals surface area contributed by atoms with Gasteiger partial charge in [0.1, 0.15) is 5.54 Å². The average molecular weight is 298 g/mol. The van der Waals surface area contributed by atoms with Crippen molar-refractivity contribution in [3.05, 3.63) is 0 Å². The van der Waals surface area contributed by atoms with E-state index in [-0.39, 0.29) is 6.54 Å². The van der Waals surface area contributed by atoms with E-state index in [0.717, 1.165) is 32.1 Å². The summed E-state index contributed by atoms with van der Waals surface area (Å²) in [6.07, 6.45) is 6.97. The Morgan fingerprint density at radius 1 is 1.05 bits per heavy atom. The molecule has 21 heavy (non-hydrogen) atoms. The number of hydrogen-bond donors (Lipinski definition) is 3.